The molecule has 0 unspecified atom stereocenters. The molecule has 0 fully saturated rings. The minimum absolute atomic E-state index is 0.351. The van der Waals surface area contributed by atoms with Crippen molar-refractivity contribution in [3.05, 3.63) is 0 Å². The molecule has 0 saturated heterocycles. The average molecular weight is 563 g/mol. The summed E-state index contributed by atoms with van der Waals surface area (Å²) in [6.45, 7) is 20.4. The number of rotatable bonds is 23. The first kappa shape index (κ1) is 34.6. The fourth-order valence-corrected chi connectivity index (χ4v) is 21.4. The van der Waals surface area contributed by atoms with E-state index in [-0.39, 0.29) is 0 Å². The Hall–Kier alpha value is 0.641. The van der Waals surface area contributed by atoms with Gasteiger partial charge in [0.15, 0.2) is 4.28 Å². The molecule has 206 valence electrons. The van der Waals surface area contributed by atoms with Crippen LogP contribution in [0.25, 0.3) is 0 Å². The Morgan fingerprint density at radius 1 is 0.412 bits per heavy atom. The Morgan fingerprint density at radius 3 is 0.706 bits per heavy atom. The molecule has 0 aromatic heterocycles. The van der Waals surface area contributed by atoms with Crippen LogP contribution in [0.1, 0.15) is 68.7 Å². The highest BCUT2D eigenvalue weighted by atomic mass is 32.1. The quantitative estimate of drug-likeness (QED) is 0.145. The fraction of sp³-hybridized carbons (Fsp3) is 1.00. The number of hydrogen-bond acceptors (Lipinski definition) is 10. The molecule has 0 aromatic carbocycles. The van der Waals surface area contributed by atoms with E-state index in [4.69, 9.17) is 39.8 Å². The molecular formula is C21H50O9SSi3. The Morgan fingerprint density at radius 2 is 0.588 bits per heavy atom. The highest BCUT2D eigenvalue weighted by molar-refractivity contribution is 7.80. The van der Waals surface area contributed by atoms with E-state index in [1.165, 1.54) is 0 Å². The van der Waals surface area contributed by atoms with Gasteiger partial charge in [0.25, 0.3) is 0 Å². The number of thiol groups is 1. The molecule has 0 aliphatic carbocycles. The van der Waals surface area contributed by atoms with Gasteiger partial charge in [-0.3, -0.25) is 0 Å². The van der Waals surface area contributed by atoms with Crippen LogP contribution < -0.4 is 0 Å². The molecule has 9 nitrogen and oxygen atoms in total. The van der Waals surface area contributed by atoms with Crippen LogP contribution in [0, 0.1) is 0 Å². The smallest absolute Gasteiger partial charge is 0.373 e. The monoisotopic (exact) mass is 562 g/mol. The van der Waals surface area contributed by atoms with Gasteiger partial charge in [-0.05, 0) is 74.5 Å². The first-order valence-corrected chi connectivity index (χ1v) is 18.5. The molecule has 0 heterocycles. The largest absolute Gasteiger partial charge is 0.516 e. The summed E-state index contributed by atoms with van der Waals surface area (Å²) in [6.07, 6.45) is 0.390. The summed E-state index contributed by atoms with van der Waals surface area (Å²) < 4.78 is 57.9. The minimum Gasteiger partial charge on any atom is -0.373 e. The molecule has 0 radical (unpaired) electrons. The van der Waals surface area contributed by atoms with Crippen LogP contribution in [0.3, 0.4) is 0 Å². The molecule has 0 atom stereocenters. The maximum absolute atomic E-state index is 6.57. The van der Waals surface area contributed by atoms with Crippen molar-refractivity contribution in [1.29, 1.82) is 0 Å². The topological polar surface area (TPSA) is 83.1 Å². The van der Waals surface area contributed by atoms with Crippen molar-refractivity contribution in [2.45, 2.75) is 73.0 Å². The normalized spacial score (nSPS) is 13.6. The Labute approximate surface area is 216 Å². The average Bonchev–Trinajstić information content (AvgIpc) is 2.78. The van der Waals surface area contributed by atoms with Crippen molar-refractivity contribution >= 4 is 39.0 Å². The highest BCUT2D eigenvalue weighted by Gasteiger charge is 2.89. The highest BCUT2D eigenvalue weighted by Crippen LogP contribution is 2.59. The van der Waals surface area contributed by atoms with Gasteiger partial charge in [-0.25, -0.2) is 0 Å². The summed E-state index contributed by atoms with van der Waals surface area (Å²) in [5.41, 5.74) is 0. The van der Waals surface area contributed by atoms with Crippen molar-refractivity contribution in [1.82, 2.24) is 0 Å². The third-order valence-electron chi connectivity index (χ3n) is 5.06. The third kappa shape index (κ3) is 7.14. The lowest BCUT2D eigenvalue weighted by Gasteiger charge is -2.55. The molecule has 0 amide bonds. The van der Waals surface area contributed by atoms with Gasteiger partial charge in [0.05, 0.1) is 0 Å². The second kappa shape index (κ2) is 18.0. The second-order valence-corrected chi connectivity index (χ2v) is 17.4. The molecule has 0 rings (SSSR count). The lowest BCUT2D eigenvalue weighted by molar-refractivity contribution is -0.0113. The van der Waals surface area contributed by atoms with Gasteiger partial charge in [-0.2, -0.15) is 12.6 Å². The SMILES string of the molecule is CCO[Si](OCC)(OCC)C(CCS)([Si](OCC)(OCC)OCC)[Si](OCC)(OCC)OCC. The lowest BCUT2D eigenvalue weighted by Crippen LogP contribution is -2.82. The van der Waals surface area contributed by atoms with Gasteiger partial charge in [0.2, 0.25) is 0 Å². The van der Waals surface area contributed by atoms with Crippen molar-refractivity contribution < 1.29 is 39.8 Å². The first-order valence-electron chi connectivity index (χ1n) is 12.7. The summed E-state index contributed by atoms with van der Waals surface area (Å²) in [6, 6.07) is 0. The van der Waals surface area contributed by atoms with E-state index in [9.17, 15) is 0 Å². The molecule has 13 heteroatoms. The minimum atomic E-state index is -3.77. The van der Waals surface area contributed by atoms with Crippen LogP contribution in [-0.4, -0.2) is 91.6 Å². The van der Waals surface area contributed by atoms with Crippen LogP contribution in [0.15, 0.2) is 0 Å². The summed E-state index contributed by atoms with van der Waals surface area (Å²) in [5, 5.41) is 0. The summed E-state index contributed by atoms with van der Waals surface area (Å²) >= 11 is 4.69. The molecule has 0 aliphatic rings. The van der Waals surface area contributed by atoms with Crippen molar-refractivity contribution in [3.63, 3.8) is 0 Å². The fourth-order valence-electron chi connectivity index (χ4n) is 4.38. The van der Waals surface area contributed by atoms with Crippen molar-refractivity contribution in [2.75, 3.05) is 65.2 Å². The maximum Gasteiger partial charge on any atom is 0.516 e. The maximum atomic E-state index is 6.57. The second-order valence-electron chi connectivity index (χ2n) is 6.94. The zero-order valence-electron chi connectivity index (χ0n) is 22.9. The molecule has 0 saturated carbocycles. The van der Waals surface area contributed by atoms with Crippen LogP contribution >= 0.6 is 12.6 Å². The van der Waals surface area contributed by atoms with Crippen molar-refractivity contribution in [2.24, 2.45) is 0 Å². The van der Waals surface area contributed by atoms with Crippen LogP contribution in [-0.2, 0) is 39.8 Å². The Kier molecular flexibility index (Phi) is 18.3. The predicted octanol–water partition coefficient (Wildman–Crippen LogP) is 4.27. The molecule has 0 N–H and O–H groups in total. The summed E-state index contributed by atoms with van der Waals surface area (Å²) in [5.74, 6) is 0.436. The molecular weight excluding hydrogens is 513 g/mol. The van der Waals surface area contributed by atoms with Crippen LogP contribution in [0.5, 0.6) is 0 Å². The number of hydrogen-bond donors (Lipinski definition) is 1. The van der Waals surface area contributed by atoms with Gasteiger partial charge >= 0.3 is 26.4 Å². The van der Waals surface area contributed by atoms with E-state index in [2.05, 4.69) is 12.6 Å². The Bertz CT molecular complexity index is 404. The van der Waals surface area contributed by atoms with Gasteiger partial charge in [-0.15, -0.1) is 0 Å². The van der Waals surface area contributed by atoms with E-state index in [1.54, 1.807) is 0 Å². The van der Waals surface area contributed by atoms with E-state index >= 15 is 0 Å². The lowest BCUT2D eigenvalue weighted by atomic mass is 10.5. The van der Waals surface area contributed by atoms with E-state index in [0.717, 1.165) is 0 Å². The van der Waals surface area contributed by atoms with Gasteiger partial charge < -0.3 is 39.8 Å². The van der Waals surface area contributed by atoms with Gasteiger partial charge in [-0.1, -0.05) is 0 Å². The molecule has 0 bridgehead atoms. The zero-order valence-corrected chi connectivity index (χ0v) is 26.8. The Balaban J connectivity index is 8.04. The first-order chi connectivity index (χ1) is 16.4. The summed E-state index contributed by atoms with van der Waals surface area (Å²) in [4.78, 5) is 0. The molecule has 0 aromatic rings. The van der Waals surface area contributed by atoms with E-state index in [1.807, 2.05) is 62.3 Å². The third-order valence-corrected chi connectivity index (χ3v) is 20.7. The van der Waals surface area contributed by atoms with Crippen molar-refractivity contribution in [3.8, 4) is 0 Å². The molecule has 34 heavy (non-hydrogen) atoms. The van der Waals surface area contributed by atoms with E-state index < -0.39 is 30.7 Å². The van der Waals surface area contributed by atoms with Crippen LogP contribution in [0.4, 0.5) is 0 Å². The standard InChI is InChI=1S/C21H50O9SSi3/c1-10-22-32(23-11-2,24-12-3)21(19-20-31,33(25-13-4,26-14-5)27-15-6)34(28-16-7,29-17-8)30-18-9/h31H,10-20H2,1-9H3. The van der Waals surface area contributed by atoms with Gasteiger partial charge in [0.1, 0.15) is 0 Å². The molecule has 0 aliphatic heterocycles. The predicted molar refractivity (Wildman–Crippen MR) is 143 cm³/mol. The summed E-state index contributed by atoms with van der Waals surface area (Å²) in [7, 11) is -11.3. The zero-order chi connectivity index (χ0) is 26.1. The van der Waals surface area contributed by atoms with Gasteiger partial charge in [0, 0.05) is 59.5 Å². The molecule has 0 spiro atoms. The van der Waals surface area contributed by atoms with Crippen LogP contribution in [0.2, 0.25) is 4.28 Å². The van der Waals surface area contributed by atoms with E-state index in [0.29, 0.717) is 71.6 Å².